The van der Waals surface area contributed by atoms with Gasteiger partial charge >= 0.3 is 6.09 Å². The molecule has 0 aromatic heterocycles. The maximum absolute atomic E-state index is 10.5. The molecule has 1 aliphatic carbocycles. The van der Waals surface area contributed by atoms with E-state index in [-0.39, 0.29) is 0 Å². The van der Waals surface area contributed by atoms with Crippen molar-refractivity contribution in [3.8, 4) is 0 Å². The Balaban J connectivity index is 1.94. The van der Waals surface area contributed by atoms with Crippen LogP contribution in [0.4, 0.5) is 4.79 Å². The number of nitrogens with two attached hydrogens (primary N) is 1. The molecule has 66 valence electrons. The predicted octanol–water partition coefficient (Wildman–Crippen LogP) is 0.128. The SMILES string of the molecule is NC(=S)[C@H]1[C@@H]2CN(C(=O)O)C[C@@H]21. The molecule has 0 spiro atoms. The number of piperidine rings is 1. The molecular weight excluding hydrogens is 176 g/mol. The molecule has 0 radical (unpaired) electrons. The van der Waals surface area contributed by atoms with Crippen LogP contribution in [-0.2, 0) is 0 Å². The first kappa shape index (κ1) is 7.79. The first-order chi connectivity index (χ1) is 5.61. The summed E-state index contributed by atoms with van der Waals surface area (Å²) in [5.74, 6) is 1.15. The molecule has 3 atom stereocenters. The minimum Gasteiger partial charge on any atom is -0.465 e. The van der Waals surface area contributed by atoms with E-state index in [9.17, 15) is 4.79 Å². The molecule has 2 aliphatic rings. The van der Waals surface area contributed by atoms with Gasteiger partial charge in [0.15, 0.2) is 0 Å². The Morgan fingerprint density at radius 1 is 1.50 bits per heavy atom. The summed E-state index contributed by atoms with van der Waals surface area (Å²) >= 11 is 4.85. The van der Waals surface area contributed by atoms with Crippen molar-refractivity contribution in [2.24, 2.45) is 23.5 Å². The van der Waals surface area contributed by atoms with E-state index in [1.54, 1.807) is 0 Å². The molecule has 1 aliphatic heterocycles. The molecule has 2 rings (SSSR count). The first-order valence-electron chi connectivity index (χ1n) is 3.88. The van der Waals surface area contributed by atoms with Gasteiger partial charge in [0.1, 0.15) is 0 Å². The summed E-state index contributed by atoms with van der Waals surface area (Å²) in [6.45, 7) is 1.23. The lowest BCUT2D eigenvalue weighted by Gasteiger charge is -2.14. The lowest BCUT2D eigenvalue weighted by molar-refractivity contribution is 0.150. The van der Waals surface area contributed by atoms with Crippen molar-refractivity contribution in [2.45, 2.75) is 0 Å². The quantitative estimate of drug-likeness (QED) is 0.571. The average Bonchev–Trinajstić information content (AvgIpc) is 2.48. The second kappa shape index (κ2) is 2.32. The standard InChI is InChI=1S/C7H10N2O2S/c8-6(12)5-3-1-9(7(10)11)2-4(3)5/h3-5H,1-2H2,(H2,8,12)(H,10,11)/t3-,4+,5+. The number of carbonyl (C=O) groups is 1. The number of hydrogen-bond acceptors (Lipinski definition) is 2. The Morgan fingerprint density at radius 3 is 2.33 bits per heavy atom. The number of fused-ring (bicyclic) bond motifs is 1. The van der Waals surface area contributed by atoms with Crippen LogP contribution in [0.1, 0.15) is 0 Å². The van der Waals surface area contributed by atoms with Gasteiger partial charge in [-0.1, -0.05) is 12.2 Å². The molecule has 1 saturated heterocycles. The molecule has 3 N–H and O–H groups in total. The van der Waals surface area contributed by atoms with Crippen LogP contribution in [0.5, 0.6) is 0 Å². The summed E-state index contributed by atoms with van der Waals surface area (Å²) in [4.78, 5) is 12.5. The maximum atomic E-state index is 10.5. The lowest BCUT2D eigenvalue weighted by atomic mass is 10.3. The highest BCUT2D eigenvalue weighted by Gasteiger charge is 2.58. The van der Waals surface area contributed by atoms with Crippen LogP contribution in [-0.4, -0.2) is 34.2 Å². The fraction of sp³-hybridized carbons (Fsp3) is 0.714. The minimum absolute atomic E-state index is 0.315. The summed E-state index contributed by atoms with van der Waals surface area (Å²) in [6, 6.07) is 0. The third kappa shape index (κ3) is 0.964. The molecule has 4 nitrogen and oxygen atoms in total. The molecule has 5 heteroatoms. The maximum Gasteiger partial charge on any atom is 0.407 e. The highest BCUT2D eigenvalue weighted by molar-refractivity contribution is 7.80. The Morgan fingerprint density at radius 2 is 2.00 bits per heavy atom. The van der Waals surface area contributed by atoms with Crippen LogP contribution in [0.2, 0.25) is 0 Å². The van der Waals surface area contributed by atoms with Gasteiger partial charge in [-0.05, 0) is 11.8 Å². The molecule has 12 heavy (non-hydrogen) atoms. The Labute approximate surface area is 75.3 Å². The second-order valence-corrected chi connectivity index (χ2v) is 3.91. The summed E-state index contributed by atoms with van der Waals surface area (Å²) in [5, 5.41) is 8.64. The van der Waals surface area contributed by atoms with Crippen molar-refractivity contribution in [1.82, 2.24) is 4.90 Å². The Hall–Kier alpha value is -0.840. The summed E-state index contributed by atoms with van der Waals surface area (Å²) in [6.07, 6.45) is -0.830. The van der Waals surface area contributed by atoms with Crippen LogP contribution in [0.25, 0.3) is 0 Å². The van der Waals surface area contributed by atoms with Gasteiger partial charge in [-0.2, -0.15) is 0 Å². The van der Waals surface area contributed by atoms with Crippen molar-refractivity contribution >= 4 is 23.3 Å². The van der Waals surface area contributed by atoms with E-state index in [0.29, 0.717) is 35.8 Å². The number of rotatable bonds is 1. The topological polar surface area (TPSA) is 66.6 Å². The zero-order valence-electron chi connectivity index (χ0n) is 6.43. The predicted molar refractivity (Wildman–Crippen MR) is 46.9 cm³/mol. The summed E-state index contributed by atoms with van der Waals surface area (Å²) in [7, 11) is 0. The van der Waals surface area contributed by atoms with E-state index in [0.717, 1.165) is 0 Å². The van der Waals surface area contributed by atoms with Gasteiger partial charge in [-0.15, -0.1) is 0 Å². The Kier molecular flexibility index (Phi) is 1.51. The molecule has 0 aromatic carbocycles. The largest absolute Gasteiger partial charge is 0.465 e. The smallest absolute Gasteiger partial charge is 0.407 e. The fourth-order valence-corrected chi connectivity index (χ4v) is 2.45. The van der Waals surface area contributed by atoms with E-state index >= 15 is 0 Å². The van der Waals surface area contributed by atoms with Crippen molar-refractivity contribution < 1.29 is 9.90 Å². The summed E-state index contributed by atoms with van der Waals surface area (Å²) in [5.41, 5.74) is 5.48. The van der Waals surface area contributed by atoms with Crippen LogP contribution in [0.3, 0.4) is 0 Å². The number of nitrogens with zero attached hydrogens (tertiary/aromatic N) is 1. The van der Waals surface area contributed by atoms with Crippen molar-refractivity contribution in [3.63, 3.8) is 0 Å². The average molecular weight is 186 g/mol. The van der Waals surface area contributed by atoms with E-state index in [2.05, 4.69) is 0 Å². The van der Waals surface area contributed by atoms with Gasteiger partial charge in [-0.3, -0.25) is 0 Å². The van der Waals surface area contributed by atoms with E-state index < -0.39 is 6.09 Å². The van der Waals surface area contributed by atoms with Gasteiger partial charge in [0.05, 0.1) is 4.99 Å². The zero-order chi connectivity index (χ0) is 8.88. The fourth-order valence-electron chi connectivity index (χ4n) is 2.10. The number of amides is 1. The van der Waals surface area contributed by atoms with Crippen LogP contribution < -0.4 is 5.73 Å². The molecule has 2 fully saturated rings. The minimum atomic E-state index is -0.830. The number of carboxylic acid groups (broad SMARTS) is 1. The van der Waals surface area contributed by atoms with Crippen LogP contribution in [0, 0.1) is 17.8 Å². The third-order valence-electron chi connectivity index (χ3n) is 2.79. The normalized spacial score (nSPS) is 37.7. The van der Waals surface area contributed by atoms with Crippen molar-refractivity contribution in [1.29, 1.82) is 0 Å². The highest BCUT2D eigenvalue weighted by atomic mass is 32.1. The number of hydrogen-bond donors (Lipinski definition) is 2. The second-order valence-electron chi connectivity index (χ2n) is 3.44. The van der Waals surface area contributed by atoms with Gasteiger partial charge in [0.2, 0.25) is 0 Å². The Bertz CT molecular complexity index is 232. The number of likely N-dealkylation sites (tertiary alicyclic amines) is 1. The van der Waals surface area contributed by atoms with Gasteiger partial charge in [0.25, 0.3) is 0 Å². The van der Waals surface area contributed by atoms with E-state index in [4.69, 9.17) is 23.1 Å². The molecule has 0 bridgehead atoms. The first-order valence-corrected chi connectivity index (χ1v) is 4.29. The molecule has 1 heterocycles. The summed E-state index contributed by atoms with van der Waals surface area (Å²) < 4.78 is 0. The highest BCUT2D eigenvalue weighted by Crippen LogP contribution is 2.51. The van der Waals surface area contributed by atoms with E-state index in [1.165, 1.54) is 4.90 Å². The number of thiocarbonyl (C=S) groups is 1. The monoisotopic (exact) mass is 186 g/mol. The van der Waals surface area contributed by atoms with E-state index in [1.807, 2.05) is 0 Å². The van der Waals surface area contributed by atoms with Crippen LogP contribution >= 0.6 is 12.2 Å². The van der Waals surface area contributed by atoms with Gasteiger partial charge in [0, 0.05) is 19.0 Å². The molecule has 0 aromatic rings. The van der Waals surface area contributed by atoms with Crippen molar-refractivity contribution in [2.75, 3.05) is 13.1 Å². The zero-order valence-corrected chi connectivity index (χ0v) is 7.25. The van der Waals surface area contributed by atoms with Crippen molar-refractivity contribution in [3.05, 3.63) is 0 Å². The molecule has 1 amide bonds. The third-order valence-corrected chi connectivity index (χ3v) is 3.07. The lowest BCUT2D eigenvalue weighted by Crippen LogP contribution is -2.31. The van der Waals surface area contributed by atoms with Gasteiger partial charge < -0.3 is 15.7 Å². The molecule has 1 saturated carbocycles. The van der Waals surface area contributed by atoms with Gasteiger partial charge in [-0.25, -0.2) is 4.79 Å². The van der Waals surface area contributed by atoms with Crippen LogP contribution in [0.15, 0.2) is 0 Å². The molecular formula is C7H10N2O2S. The molecule has 0 unspecified atom stereocenters.